The van der Waals surface area contributed by atoms with Crippen molar-refractivity contribution in [3.05, 3.63) is 29.8 Å². The number of carbonyl (C=O) groups excluding carboxylic acids is 1. The minimum absolute atomic E-state index is 0.154. The summed E-state index contributed by atoms with van der Waals surface area (Å²) in [5.41, 5.74) is 0.154. The number of ether oxygens (including phenoxy) is 1. The quantitative estimate of drug-likeness (QED) is 0.719. The van der Waals surface area contributed by atoms with Crippen LogP contribution >= 0.6 is 0 Å². The fourth-order valence-corrected chi connectivity index (χ4v) is 1.28. The highest BCUT2D eigenvalue weighted by Crippen LogP contribution is 2.12. The van der Waals surface area contributed by atoms with Crippen molar-refractivity contribution in [2.75, 3.05) is 13.4 Å². The fourth-order valence-electron chi connectivity index (χ4n) is 0.913. The van der Waals surface area contributed by atoms with Gasteiger partial charge in [-0.05, 0) is 24.3 Å². The molecular formula is C9H10O5S. The van der Waals surface area contributed by atoms with E-state index in [1.54, 1.807) is 12.1 Å². The zero-order valence-corrected chi connectivity index (χ0v) is 9.08. The molecule has 0 aliphatic rings. The Labute approximate surface area is 87.7 Å². The maximum atomic E-state index is 11.2. The number of rotatable bonds is 3. The van der Waals surface area contributed by atoms with Crippen LogP contribution < -0.4 is 4.74 Å². The van der Waals surface area contributed by atoms with E-state index < -0.39 is 16.1 Å². The molecule has 0 unspecified atom stereocenters. The zero-order valence-electron chi connectivity index (χ0n) is 8.26. The molecule has 0 spiro atoms. The molecule has 82 valence electrons. The normalized spacial score (nSPS) is 10.8. The summed E-state index contributed by atoms with van der Waals surface area (Å²) in [6, 6.07) is 5.93. The van der Waals surface area contributed by atoms with Crippen molar-refractivity contribution in [1.29, 1.82) is 0 Å². The van der Waals surface area contributed by atoms with Gasteiger partial charge >= 0.3 is 16.1 Å². The van der Waals surface area contributed by atoms with Crippen LogP contribution in [0.1, 0.15) is 10.4 Å². The van der Waals surface area contributed by atoms with Gasteiger partial charge in [0.2, 0.25) is 0 Å². The predicted octanol–water partition coefficient (Wildman–Crippen LogP) is 0.812. The molecule has 0 fully saturated rings. The van der Waals surface area contributed by atoms with Crippen LogP contribution in [0.2, 0.25) is 0 Å². The Hall–Kier alpha value is -1.56. The van der Waals surface area contributed by atoms with Gasteiger partial charge in [-0.15, -0.1) is 0 Å². The first-order valence-electron chi connectivity index (χ1n) is 4.00. The van der Waals surface area contributed by atoms with Crippen molar-refractivity contribution in [3.63, 3.8) is 0 Å². The Bertz CT molecular complexity index is 446. The molecule has 0 N–H and O–H groups in total. The summed E-state index contributed by atoms with van der Waals surface area (Å²) < 4.78 is 30.4. The smallest absolute Gasteiger partial charge is 0.353 e. The van der Waals surface area contributed by atoms with Gasteiger partial charge in [0.25, 0.3) is 0 Å². The molecule has 0 saturated heterocycles. The Kier molecular flexibility index (Phi) is 3.31. The molecule has 1 rings (SSSR count). The van der Waals surface area contributed by atoms with Crippen LogP contribution in [0, 0.1) is 0 Å². The van der Waals surface area contributed by atoms with Crippen LogP contribution in [0.4, 0.5) is 0 Å². The van der Waals surface area contributed by atoms with Crippen molar-refractivity contribution in [2.45, 2.75) is 0 Å². The molecular weight excluding hydrogens is 220 g/mol. The number of methoxy groups -OCH3 is 1. The summed E-state index contributed by atoms with van der Waals surface area (Å²) in [6.45, 7) is 0. The third-order valence-electron chi connectivity index (χ3n) is 1.55. The molecule has 0 atom stereocenters. The highest BCUT2D eigenvalue weighted by molar-refractivity contribution is 7.86. The van der Waals surface area contributed by atoms with E-state index in [9.17, 15) is 13.2 Å². The third-order valence-corrected chi connectivity index (χ3v) is 2.01. The number of carbonyl (C=O) groups is 1. The van der Waals surface area contributed by atoms with E-state index in [4.69, 9.17) is 4.74 Å². The van der Waals surface area contributed by atoms with Gasteiger partial charge < -0.3 is 8.92 Å². The molecule has 0 aromatic heterocycles. The van der Waals surface area contributed by atoms with Crippen molar-refractivity contribution < 1.29 is 22.1 Å². The zero-order chi connectivity index (χ0) is 11.5. The average Bonchev–Trinajstić information content (AvgIpc) is 2.15. The van der Waals surface area contributed by atoms with Crippen molar-refractivity contribution in [1.82, 2.24) is 0 Å². The summed E-state index contributed by atoms with van der Waals surface area (Å²) in [5.74, 6) is -0.328. The van der Waals surface area contributed by atoms with E-state index in [1.807, 2.05) is 0 Å². The Morgan fingerprint density at radius 2 is 1.73 bits per heavy atom. The van der Waals surface area contributed by atoms with Crippen LogP contribution in [-0.4, -0.2) is 27.8 Å². The summed E-state index contributed by atoms with van der Waals surface area (Å²) in [6.07, 6.45) is 0.814. The van der Waals surface area contributed by atoms with Gasteiger partial charge in [-0.1, -0.05) is 0 Å². The van der Waals surface area contributed by atoms with E-state index in [0.29, 0.717) is 5.75 Å². The van der Waals surface area contributed by atoms with Crippen LogP contribution in [0.5, 0.6) is 5.75 Å². The monoisotopic (exact) mass is 230 g/mol. The standard InChI is InChI=1S/C9H10O5S/c1-13-8-5-3-7(4-6-8)9(10)14-15(2,11)12/h3-6H,1-2H3. The van der Waals surface area contributed by atoms with Gasteiger partial charge in [0.15, 0.2) is 0 Å². The van der Waals surface area contributed by atoms with Crippen molar-refractivity contribution in [2.24, 2.45) is 0 Å². The maximum Gasteiger partial charge on any atom is 0.353 e. The second kappa shape index (κ2) is 4.31. The first-order valence-corrected chi connectivity index (χ1v) is 5.82. The van der Waals surface area contributed by atoms with Crippen LogP contribution in [-0.2, 0) is 14.3 Å². The summed E-state index contributed by atoms with van der Waals surface area (Å²) >= 11 is 0. The summed E-state index contributed by atoms with van der Waals surface area (Å²) in [4.78, 5) is 11.2. The van der Waals surface area contributed by atoms with Gasteiger partial charge in [0, 0.05) is 0 Å². The molecule has 0 amide bonds. The van der Waals surface area contributed by atoms with E-state index >= 15 is 0 Å². The van der Waals surface area contributed by atoms with E-state index in [0.717, 1.165) is 6.26 Å². The van der Waals surface area contributed by atoms with E-state index in [1.165, 1.54) is 19.2 Å². The average molecular weight is 230 g/mol. The second-order valence-electron chi connectivity index (χ2n) is 2.80. The first-order chi connectivity index (χ1) is 6.92. The van der Waals surface area contributed by atoms with Gasteiger partial charge in [0.1, 0.15) is 5.75 Å². The third kappa shape index (κ3) is 3.59. The Morgan fingerprint density at radius 3 is 2.13 bits per heavy atom. The Balaban J connectivity index is 2.84. The lowest BCUT2D eigenvalue weighted by Gasteiger charge is -2.02. The predicted molar refractivity (Wildman–Crippen MR) is 53.3 cm³/mol. The second-order valence-corrected chi connectivity index (χ2v) is 4.38. The molecule has 0 radical (unpaired) electrons. The highest BCUT2D eigenvalue weighted by atomic mass is 32.2. The lowest BCUT2D eigenvalue weighted by atomic mass is 10.2. The van der Waals surface area contributed by atoms with Crippen molar-refractivity contribution in [3.8, 4) is 5.75 Å². The minimum Gasteiger partial charge on any atom is -0.497 e. The number of benzene rings is 1. The van der Waals surface area contributed by atoms with E-state index in [-0.39, 0.29) is 5.56 Å². The fraction of sp³-hybridized carbons (Fsp3) is 0.222. The largest absolute Gasteiger partial charge is 0.497 e. The SMILES string of the molecule is COc1ccc(C(=O)OS(C)(=O)=O)cc1. The minimum atomic E-state index is -3.77. The molecule has 5 nitrogen and oxygen atoms in total. The van der Waals surface area contributed by atoms with Crippen LogP contribution in [0.25, 0.3) is 0 Å². The summed E-state index contributed by atoms with van der Waals surface area (Å²) in [7, 11) is -2.28. The number of hydrogen-bond donors (Lipinski definition) is 0. The van der Waals surface area contributed by atoms with E-state index in [2.05, 4.69) is 4.18 Å². The topological polar surface area (TPSA) is 69.7 Å². The maximum absolute atomic E-state index is 11.2. The number of hydrogen-bond acceptors (Lipinski definition) is 5. The molecule has 0 heterocycles. The first kappa shape index (κ1) is 11.5. The van der Waals surface area contributed by atoms with Crippen LogP contribution in [0.3, 0.4) is 0 Å². The van der Waals surface area contributed by atoms with Gasteiger partial charge in [-0.3, -0.25) is 0 Å². The van der Waals surface area contributed by atoms with Crippen molar-refractivity contribution >= 4 is 16.1 Å². The lowest BCUT2D eigenvalue weighted by Crippen LogP contribution is -2.11. The molecule has 0 aliphatic carbocycles. The van der Waals surface area contributed by atoms with Gasteiger partial charge in [-0.2, -0.15) is 8.42 Å². The van der Waals surface area contributed by atoms with Gasteiger partial charge in [-0.25, -0.2) is 4.79 Å². The highest BCUT2D eigenvalue weighted by Gasteiger charge is 2.13. The Morgan fingerprint density at radius 1 is 1.20 bits per heavy atom. The molecule has 0 aliphatic heterocycles. The molecule has 15 heavy (non-hydrogen) atoms. The molecule has 0 bridgehead atoms. The molecule has 6 heteroatoms. The lowest BCUT2D eigenvalue weighted by molar-refractivity contribution is 0.0748. The summed E-state index contributed by atoms with van der Waals surface area (Å²) in [5, 5.41) is 0. The van der Waals surface area contributed by atoms with Gasteiger partial charge in [0.05, 0.1) is 18.9 Å². The molecule has 0 saturated carbocycles. The van der Waals surface area contributed by atoms with Crippen LogP contribution in [0.15, 0.2) is 24.3 Å². The molecule has 1 aromatic rings. The molecule has 1 aromatic carbocycles.